The highest BCUT2D eigenvalue weighted by atomic mass is 16.5. The van der Waals surface area contributed by atoms with Crippen molar-refractivity contribution in [3.8, 4) is 11.6 Å². The zero-order chi connectivity index (χ0) is 13.1. The number of ether oxygens (including phenoxy) is 1. The lowest BCUT2D eigenvalue weighted by atomic mass is 10.1. The lowest BCUT2D eigenvalue weighted by molar-refractivity contribution is 0.313. The van der Waals surface area contributed by atoms with Gasteiger partial charge in [-0.3, -0.25) is 0 Å². The summed E-state index contributed by atoms with van der Waals surface area (Å²) in [7, 11) is 0. The summed E-state index contributed by atoms with van der Waals surface area (Å²) >= 11 is 0. The van der Waals surface area contributed by atoms with Crippen molar-refractivity contribution in [2.75, 3.05) is 13.2 Å². The number of aromatic nitrogens is 2. The van der Waals surface area contributed by atoms with E-state index in [2.05, 4.69) is 37.1 Å². The molecule has 1 aromatic carbocycles. The summed E-state index contributed by atoms with van der Waals surface area (Å²) in [6, 6.07) is 8.26. The molecule has 1 aromatic heterocycles. The third-order valence-electron chi connectivity index (χ3n) is 2.83. The maximum Gasteiger partial charge on any atom is 0.233 e. The molecule has 0 saturated heterocycles. The van der Waals surface area contributed by atoms with Gasteiger partial charge in [0.05, 0.1) is 5.69 Å². The van der Waals surface area contributed by atoms with Gasteiger partial charge in [0.25, 0.3) is 0 Å². The quantitative estimate of drug-likeness (QED) is 0.897. The van der Waals surface area contributed by atoms with Crippen molar-refractivity contribution in [2.24, 2.45) is 5.73 Å². The molecule has 4 nitrogen and oxygen atoms in total. The summed E-state index contributed by atoms with van der Waals surface area (Å²) < 4.78 is 7.36. The van der Waals surface area contributed by atoms with Gasteiger partial charge in [-0.15, -0.1) is 5.10 Å². The van der Waals surface area contributed by atoms with Crippen LogP contribution in [-0.4, -0.2) is 22.9 Å². The number of benzene rings is 1. The number of nitrogens with zero attached hydrogens (tertiary/aromatic N) is 2. The van der Waals surface area contributed by atoms with Crippen LogP contribution in [0.2, 0.25) is 0 Å². The first-order valence-electron chi connectivity index (χ1n) is 6.09. The molecule has 0 bridgehead atoms. The van der Waals surface area contributed by atoms with Crippen molar-refractivity contribution in [3.63, 3.8) is 0 Å². The van der Waals surface area contributed by atoms with Crippen molar-refractivity contribution >= 4 is 0 Å². The number of aryl methyl sites for hydroxylation is 3. The van der Waals surface area contributed by atoms with Gasteiger partial charge in [0.2, 0.25) is 5.88 Å². The Bertz CT molecular complexity index is 546. The van der Waals surface area contributed by atoms with Crippen LogP contribution in [0, 0.1) is 20.8 Å². The van der Waals surface area contributed by atoms with Gasteiger partial charge in [-0.2, -0.15) is 0 Å². The minimum Gasteiger partial charge on any atom is -0.475 e. The predicted octanol–water partition coefficient (Wildman–Crippen LogP) is 2.14. The number of hydrogen-bond acceptors (Lipinski definition) is 3. The van der Waals surface area contributed by atoms with E-state index in [9.17, 15) is 0 Å². The van der Waals surface area contributed by atoms with Gasteiger partial charge >= 0.3 is 0 Å². The molecular formula is C14H19N3O. The normalized spacial score (nSPS) is 10.7. The van der Waals surface area contributed by atoms with Crippen LogP contribution >= 0.6 is 0 Å². The summed E-state index contributed by atoms with van der Waals surface area (Å²) in [6.07, 6.45) is 0. The highest BCUT2D eigenvalue weighted by Gasteiger charge is 2.09. The molecule has 0 radical (unpaired) electrons. The molecule has 0 unspecified atom stereocenters. The van der Waals surface area contributed by atoms with E-state index in [0.29, 0.717) is 19.0 Å². The van der Waals surface area contributed by atoms with Crippen molar-refractivity contribution in [2.45, 2.75) is 20.8 Å². The van der Waals surface area contributed by atoms with Gasteiger partial charge in [-0.25, -0.2) is 4.68 Å². The molecular weight excluding hydrogens is 226 g/mol. The first-order valence-corrected chi connectivity index (χ1v) is 6.09. The number of hydrogen-bond donors (Lipinski definition) is 1. The van der Waals surface area contributed by atoms with Crippen LogP contribution in [0.15, 0.2) is 24.3 Å². The van der Waals surface area contributed by atoms with Gasteiger partial charge in [-0.05, 0) is 38.0 Å². The zero-order valence-corrected chi connectivity index (χ0v) is 11.1. The summed E-state index contributed by atoms with van der Waals surface area (Å²) in [5.41, 5.74) is 9.97. The molecule has 0 amide bonds. The Morgan fingerprint density at radius 2 is 2.00 bits per heavy atom. The highest BCUT2D eigenvalue weighted by molar-refractivity contribution is 5.44. The molecule has 0 spiro atoms. The van der Waals surface area contributed by atoms with Crippen LogP contribution in [0.3, 0.4) is 0 Å². The van der Waals surface area contributed by atoms with Crippen molar-refractivity contribution in [1.82, 2.24) is 9.78 Å². The van der Waals surface area contributed by atoms with Gasteiger partial charge in [0.15, 0.2) is 0 Å². The molecule has 0 aliphatic heterocycles. The SMILES string of the molecule is Cc1ccc(C)c(-n2nc(OCCN)cc2C)c1. The molecule has 0 atom stereocenters. The Kier molecular flexibility index (Phi) is 3.67. The van der Waals surface area contributed by atoms with E-state index in [-0.39, 0.29) is 0 Å². The fourth-order valence-corrected chi connectivity index (χ4v) is 1.87. The molecule has 0 aliphatic rings. The molecule has 1 heterocycles. The fraction of sp³-hybridized carbons (Fsp3) is 0.357. The third-order valence-corrected chi connectivity index (χ3v) is 2.83. The Morgan fingerprint density at radius 3 is 2.72 bits per heavy atom. The lowest BCUT2D eigenvalue weighted by Gasteiger charge is -2.08. The topological polar surface area (TPSA) is 53.1 Å². The van der Waals surface area contributed by atoms with Crippen LogP contribution in [0.25, 0.3) is 5.69 Å². The average molecular weight is 245 g/mol. The van der Waals surface area contributed by atoms with E-state index >= 15 is 0 Å². The second-order valence-corrected chi connectivity index (χ2v) is 4.46. The van der Waals surface area contributed by atoms with Crippen LogP contribution in [-0.2, 0) is 0 Å². The van der Waals surface area contributed by atoms with E-state index in [1.54, 1.807) is 0 Å². The minimum absolute atomic E-state index is 0.489. The minimum atomic E-state index is 0.489. The van der Waals surface area contributed by atoms with Crippen molar-refractivity contribution < 1.29 is 4.74 Å². The van der Waals surface area contributed by atoms with Crippen molar-refractivity contribution in [3.05, 3.63) is 41.1 Å². The first kappa shape index (κ1) is 12.6. The van der Waals surface area contributed by atoms with E-state index in [1.807, 2.05) is 17.7 Å². The number of rotatable bonds is 4. The fourth-order valence-electron chi connectivity index (χ4n) is 1.87. The Labute approximate surface area is 107 Å². The molecule has 96 valence electrons. The molecule has 4 heteroatoms. The Morgan fingerprint density at radius 1 is 1.22 bits per heavy atom. The Hall–Kier alpha value is -1.81. The van der Waals surface area contributed by atoms with Gasteiger partial charge in [0.1, 0.15) is 6.61 Å². The van der Waals surface area contributed by atoms with Gasteiger partial charge in [0, 0.05) is 18.3 Å². The first-order chi connectivity index (χ1) is 8.61. The largest absolute Gasteiger partial charge is 0.475 e. The third kappa shape index (κ3) is 2.54. The average Bonchev–Trinajstić information content (AvgIpc) is 2.71. The maximum atomic E-state index is 5.45. The predicted molar refractivity (Wildman–Crippen MR) is 72.3 cm³/mol. The maximum absolute atomic E-state index is 5.45. The zero-order valence-electron chi connectivity index (χ0n) is 11.1. The molecule has 0 aliphatic carbocycles. The summed E-state index contributed by atoms with van der Waals surface area (Å²) in [4.78, 5) is 0. The summed E-state index contributed by atoms with van der Waals surface area (Å²) in [5, 5.41) is 4.46. The lowest BCUT2D eigenvalue weighted by Crippen LogP contribution is -2.11. The second-order valence-electron chi connectivity index (χ2n) is 4.46. The van der Waals surface area contributed by atoms with Gasteiger partial charge < -0.3 is 10.5 Å². The van der Waals surface area contributed by atoms with Gasteiger partial charge in [-0.1, -0.05) is 12.1 Å². The smallest absolute Gasteiger partial charge is 0.233 e. The molecule has 2 N–H and O–H groups in total. The summed E-state index contributed by atoms with van der Waals surface area (Å²) in [5.74, 6) is 0.624. The van der Waals surface area contributed by atoms with Crippen LogP contribution in [0.4, 0.5) is 0 Å². The highest BCUT2D eigenvalue weighted by Crippen LogP contribution is 2.20. The van der Waals surface area contributed by atoms with Crippen LogP contribution in [0.5, 0.6) is 5.88 Å². The molecule has 0 fully saturated rings. The standard InChI is InChI=1S/C14H19N3O/c1-10-4-5-11(2)13(8-10)17-12(3)9-14(16-17)18-7-6-15/h4-5,8-9H,6-7,15H2,1-3H3. The van der Waals surface area contributed by atoms with E-state index in [4.69, 9.17) is 10.5 Å². The van der Waals surface area contributed by atoms with E-state index in [0.717, 1.165) is 11.4 Å². The molecule has 2 aromatic rings. The molecule has 0 saturated carbocycles. The molecule has 18 heavy (non-hydrogen) atoms. The second kappa shape index (κ2) is 5.23. The Balaban J connectivity index is 2.38. The van der Waals surface area contributed by atoms with Crippen LogP contribution in [0.1, 0.15) is 16.8 Å². The van der Waals surface area contributed by atoms with Crippen molar-refractivity contribution in [1.29, 1.82) is 0 Å². The number of nitrogens with two attached hydrogens (primary N) is 1. The molecule has 2 rings (SSSR count). The monoisotopic (exact) mass is 245 g/mol. The van der Waals surface area contributed by atoms with E-state index in [1.165, 1.54) is 11.1 Å². The van der Waals surface area contributed by atoms with E-state index < -0.39 is 0 Å². The van der Waals surface area contributed by atoms with Crippen LogP contribution < -0.4 is 10.5 Å². The summed E-state index contributed by atoms with van der Waals surface area (Å²) in [6.45, 7) is 7.16.